The van der Waals surface area contributed by atoms with Crippen molar-refractivity contribution in [2.75, 3.05) is 0 Å². The summed E-state index contributed by atoms with van der Waals surface area (Å²) in [5.41, 5.74) is 1.47. The summed E-state index contributed by atoms with van der Waals surface area (Å²) < 4.78 is 6.04. The van der Waals surface area contributed by atoms with Crippen LogP contribution in [0.25, 0.3) is 0 Å². The third-order valence-electron chi connectivity index (χ3n) is 3.60. The zero-order valence-corrected chi connectivity index (χ0v) is 12.5. The first-order valence-electron chi connectivity index (χ1n) is 7.53. The van der Waals surface area contributed by atoms with Crippen molar-refractivity contribution in [2.45, 2.75) is 71.1 Å². The van der Waals surface area contributed by atoms with E-state index >= 15 is 0 Å². The number of hydrogen-bond donors (Lipinski definition) is 1. The van der Waals surface area contributed by atoms with E-state index in [0.29, 0.717) is 6.10 Å². The Morgan fingerprint density at radius 2 is 1.68 bits per heavy atom. The molecule has 0 aromatic heterocycles. The van der Waals surface area contributed by atoms with Gasteiger partial charge in [-0.1, -0.05) is 18.6 Å². The molecule has 1 saturated carbocycles. The van der Waals surface area contributed by atoms with Crippen molar-refractivity contribution in [3.8, 4) is 5.75 Å². The van der Waals surface area contributed by atoms with E-state index in [-0.39, 0.29) is 5.54 Å². The Labute approximate surface area is 117 Å². The van der Waals surface area contributed by atoms with E-state index in [1.807, 2.05) is 0 Å². The molecule has 1 aromatic rings. The first-order chi connectivity index (χ1) is 9.03. The summed E-state index contributed by atoms with van der Waals surface area (Å²) in [6.45, 7) is 7.47. The second kappa shape index (κ2) is 6.42. The molecule has 2 rings (SSSR count). The van der Waals surface area contributed by atoms with E-state index < -0.39 is 0 Å². The maximum absolute atomic E-state index is 6.04. The Morgan fingerprint density at radius 1 is 1.05 bits per heavy atom. The van der Waals surface area contributed by atoms with Crippen LogP contribution in [0.15, 0.2) is 24.3 Å². The molecule has 0 atom stereocenters. The van der Waals surface area contributed by atoms with E-state index in [2.05, 4.69) is 50.4 Å². The van der Waals surface area contributed by atoms with Gasteiger partial charge in [-0.3, -0.25) is 0 Å². The molecule has 1 N–H and O–H groups in total. The highest BCUT2D eigenvalue weighted by Crippen LogP contribution is 2.23. The zero-order valence-electron chi connectivity index (χ0n) is 12.5. The molecular formula is C17H27NO. The number of benzene rings is 1. The molecule has 0 bridgehead atoms. The normalized spacial score (nSPS) is 17.4. The zero-order chi connectivity index (χ0) is 13.7. The lowest BCUT2D eigenvalue weighted by molar-refractivity contribution is 0.155. The van der Waals surface area contributed by atoms with Crippen molar-refractivity contribution < 1.29 is 4.74 Å². The summed E-state index contributed by atoms with van der Waals surface area (Å²) in [5, 5.41) is 3.50. The third kappa shape index (κ3) is 5.23. The molecule has 0 amide bonds. The lowest BCUT2D eigenvalue weighted by atomic mass is 9.98. The van der Waals surface area contributed by atoms with Gasteiger partial charge < -0.3 is 10.1 Å². The van der Waals surface area contributed by atoms with Gasteiger partial charge in [0.15, 0.2) is 0 Å². The molecule has 1 fully saturated rings. The van der Waals surface area contributed by atoms with Gasteiger partial charge in [0.1, 0.15) is 5.75 Å². The highest BCUT2D eigenvalue weighted by Gasteiger charge is 2.14. The fourth-order valence-corrected chi connectivity index (χ4v) is 2.43. The first-order valence-corrected chi connectivity index (χ1v) is 7.53. The highest BCUT2D eigenvalue weighted by atomic mass is 16.5. The van der Waals surface area contributed by atoms with Crippen LogP contribution in [-0.4, -0.2) is 11.6 Å². The van der Waals surface area contributed by atoms with E-state index in [4.69, 9.17) is 4.74 Å². The minimum atomic E-state index is 0.164. The SMILES string of the molecule is CC(C)(C)NCc1ccc(OC2CCCCC2)cc1. The molecule has 0 unspecified atom stereocenters. The summed E-state index contributed by atoms with van der Waals surface area (Å²) in [7, 11) is 0. The summed E-state index contributed by atoms with van der Waals surface area (Å²) in [6.07, 6.45) is 6.88. The van der Waals surface area contributed by atoms with Crippen molar-refractivity contribution in [3.63, 3.8) is 0 Å². The number of hydrogen-bond acceptors (Lipinski definition) is 2. The third-order valence-corrected chi connectivity index (χ3v) is 3.60. The fourth-order valence-electron chi connectivity index (χ4n) is 2.43. The number of rotatable bonds is 4. The van der Waals surface area contributed by atoms with Crippen LogP contribution in [0.4, 0.5) is 0 Å². The standard InChI is InChI=1S/C17H27NO/c1-17(2,3)18-13-14-9-11-16(12-10-14)19-15-7-5-4-6-8-15/h9-12,15,18H,4-8,13H2,1-3H3. The Kier molecular flexibility index (Phi) is 4.87. The molecule has 0 saturated heterocycles. The summed E-state index contributed by atoms with van der Waals surface area (Å²) >= 11 is 0. The molecule has 0 aliphatic heterocycles. The van der Waals surface area contributed by atoms with E-state index in [9.17, 15) is 0 Å². The smallest absolute Gasteiger partial charge is 0.119 e. The van der Waals surface area contributed by atoms with Gasteiger partial charge >= 0.3 is 0 Å². The quantitative estimate of drug-likeness (QED) is 0.873. The van der Waals surface area contributed by atoms with Gasteiger partial charge in [-0.2, -0.15) is 0 Å². The molecule has 2 heteroatoms. The average Bonchev–Trinajstić information content (AvgIpc) is 2.38. The molecule has 106 valence electrons. The Hall–Kier alpha value is -1.02. The Morgan fingerprint density at radius 3 is 2.26 bits per heavy atom. The monoisotopic (exact) mass is 261 g/mol. The molecule has 1 aliphatic carbocycles. The van der Waals surface area contributed by atoms with Gasteiger partial charge in [-0.15, -0.1) is 0 Å². The van der Waals surface area contributed by atoms with Crippen LogP contribution >= 0.6 is 0 Å². The Balaban J connectivity index is 1.83. The van der Waals surface area contributed by atoms with Crippen LogP contribution in [0.2, 0.25) is 0 Å². The van der Waals surface area contributed by atoms with Gasteiger partial charge in [0.2, 0.25) is 0 Å². The van der Waals surface area contributed by atoms with Gasteiger partial charge in [0, 0.05) is 12.1 Å². The van der Waals surface area contributed by atoms with E-state index in [1.54, 1.807) is 0 Å². The minimum Gasteiger partial charge on any atom is -0.490 e. The van der Waals surface area contributed by atoms with Gasteiger partial charge in [-0.25, -0.2) is 0 Å². The van der Waals surface area contributed by atoms with Crippen LogP contribution in [-0.2, 0) is 6.54 Å². The second-order valence-electron chi connectivity index (χ2n) is 6.63. The molecule has 0 heterocycles. The van der Waals surface area contributed by atoms with Crippen molar-refractivity contribution in [2.24, 2.45) is 0 Å². The molecule has 2 nitrogen and oxygen atoms in total. The van der Waals surface area contributed by atoms with Crippen molar-refractivity contribution >= 4 is 0 Å². The topological polar surface area (TPSA) is 21.3 Å². The fraction of sp³-hybridized carbons (Fsp3) is 0.647. The maximum atomic E-state index is 6.04. The number of nitrogens with one attached hydrogen (secondary N) is 1. The summed E-state index contributed by atoms with van der Waals surface area (Å²) in [4.78, 5) is 0. The van der Waals surface area contributed by atoms with Crippen molar-refractivity contribution in [1.82, 2.24) is 5.32 Å². The molecule has 19 heavy (non-hydrogen) atoms. The van der Waals surface area contributed by atoms with Crippen LogP contribution in [0.5, 0.6) is 5.75 Å². The van der Waals surface area contributed by atoms with Crippen molar-refractivity contribution in [1.29, 1.82) is 0 Å². The lowest BCUT2D eigenvalue weighted by Gasteiger charge is -2.23. The second-order valence-corrected chi connectivity index (χ2v) is 6.63. The van der Waals surface area contributed by atoms with Gasteiger partial charge in [-0.05, 0) is 64.2 Å². The maximum Gasteiger partial charge on any atom is 0.119 e. The number of ether oxygens (including phenoxy) is 1. The predicted octanol–water partition coefficient (Wildman–Crippen LogP) is 4.29. The highest BCUT2D eigenvalue weighted by molar-refractivity contribution is 5.27. The molecule has 0 spiro atoms. The van der Waals surface area contributed by atoms with Gasteiger partial charge in [0.05, 0.1) is 6.10 Å². The van der Waals surface area contributed by atoms with Gasteiger partial charge in [0.25, 0.3) is 0 Å². The van der Waals surface area contributed by atoms with Crippen LogP contribution in [0, 0.1) is 0 Å². The lowest BCUT2D eigenvalue weighted by Crippen LogP contribution is -2.35. The van der Waals surface area contributed by atoms with Crippen LogP contribution in [0.3, 0.4) is 0 Å². The van der Waals surface area contributed by atoms with Crippen molar-refractivity contribution in [3.05, 3.63) is 29.8 Å². The Bertz CT molecular complexity index is 371. The van der Waals surface area contributed by atoms with Crippen LogP contribution in [0.1, 0.15) is 58.4 Å². The first kappa shape index (κ1) is 14.4. The molecule has 1 aromatic carbocycles. The summed E-state index contributed by atoms with van der Waals surface area (Å²) in [5.74, 6) is 1.02. The van der Waals surface area contributed by atoms with Crippen LogP contribution < -0.4 is 10.1 Å². The predicted molar refractivity (Wildman–Crippen MR) is 80.5 cm³/mol. The molecule has 0 radical (unpaired) electrons. The van der Waals surface area contributed by atoms with E-state index in [1.165, 1.54) is 37.7 Å². The summed E-state index contributed by atoms with van der Waals surface area (Å²) in [6, 6.07) is 8.54. The average molecular weight is 261 g/mol. The molecular weight excluding hydrogens is 234 g/mol. The minimum absolute atomic E-state index is 0.164. The molecule has 1 aliphatic rings. The van der Waals surface area contributed by atoms with E-state index in [0.717, 1.165) is 12.3 Å². The largest absolute Gasteiger partial charge is 0.490 e.